The fourth-order valence-electron chi connectivity index (χ4n) is 0.485. The van der Waals surface area contributed by atoms with Gasteiger partial charge in [-0.2, -0.15) is 0 Å². The van der Waals surface area contributed by atoms with Gasteiger partial charge in [-0.1, -0.05) is 20.8 Å². The Kier molecular flexibility index (Phi) is 3.68. The molecule has 0 amide bonds. The van der Waals surface area contributed by atoms with E-state index in [1.807, 2.05) is 0 Å². The maximum Gasteiger partial charge on any atom is 0.0470 e. The van der Waals surface area contributed by atoms with Crippen LogP contribution in [0.25, 0.3) is 0 Å². The standard InChI is InChI=1S/C7H17OP/c1-7(2,3)9(4)6-5-8/h8H,5-6H2,1-4H3. The molecule has 0 saturated carbocycles. The van der Waals surface area contributed by atoms with Gasteiger partial charge in [-0.3, -0.25) is 0 Å². The van der Waals surface area contributed by atoms with Crippen LogP contribution in [0.2, 0.25) is 0 Å². The van der Waals surface area contributed by atoms with Crippen molar-refractivity contribution in [3.63, 3.8) is 0 Å². The van der Waals surface area contributed by atoms with E-state index >= 15 is 0 Å². The van der Waals surface area contributed by atoms with E-state index in [-0.39, 0.29) is 7.92 Å². The zero-order chi connectivity index (χ0) is 7.49. The van der Waals surface area contributed by atoms with Crippen LogP contribution in [0.15, 0.2) is 0 Å². The molecular formula is C7H17OP. The van der Waals surface area contributed by atoms with Crippen molar-refractivity contribution in [1.82, 2.24) is 0 Å². The zero-order valence-corrected chi connectivity index (χ0v) is 7.70. The molecule has 9 heavy (non-hydrogen) atoms. The predicted octanol–water partition coefficient (Wildman–Crippen LogP) is 1.89. The van der Waals surface area contributed by atoms with Crippen LogP contribution in [0.1, 0.15) is 20.8 Å². The second-order valence-corrected chi connectivity index (χ2v) is 6.50. The minimum atomic E-state index is 0.0283. The molecule has 0 aromatic heterocycles. The molecule has 1 N–H and O–H groups in total. The van der Waals surface area contributed by atoms with Crippen molar-refractivity contribution >= 4 is 7.92 Å². The molecule has 0 aliphatic rings. The zero-order valence-electron chi connectivity index (χ0n) is 6.81. The summed E-state index contributed by atoms with van der Waals surface area (Å²) < 4.78 is 0. The van der Waals surface area contributed by atoms with Crippen molar-refractivity contribution in [2.75, 3.05) is 19.4 Å². The van der Waals surface area contributed by atoms with Crippen LogP contribution in [0.3, 0.4) is 0 Å². The average Bonchev–Trinajstić information content (AvgIpc) is 1.64. The first-order valence-corrected chi connectivity index (χ1v) is 5.28. The summed E-state index contributed by atoms with van der Waals surface area (Å²) in [6.45, 7) is 9.28. The van der Waals surface area contributed by atoms with Crippen molar-refractivity contribution in [3.05, 3.63) is 0 Å². The van der Waals surface area contributed by atoms with Crippen molar-refractivity contribution < 1.29 is 5.11 Å². The fraction of sp³-hybridized carbons (Fsp3) is 1.00. The third-order valence-electron chi connectivity index (χ3n) is 1.58. The van der Waals surface area contributed by atoms with Gasteiger partial charge in [0.2, 0.25) is 0 Å². The van der Waals surface area contributed by atoms with E-state index in [0.717, 1.165) is 6.16 Å². The smallest absolute Gasteiger partial charge is 0.0470 e. The SMILES string of the molecule is CP(CCO)C(C)(C)C. The lowest BCUT2D eigenvalue weighted by molar-refractivity contribution is 0.321. The molecule has 56 valence electrons. The summed E-state index contributed by atoms with van der Waals surface area (Å²) in [5.41, 5.74) is 0. The van der Waals surface area contributed by atoms with Gasteiger partial charge in [0.1, 0.15) is 0 Å². The molecule has 0 bridgehead atoms. The summed E-state index contributed by atoms with van der Waals surface area (Å²) >= 11 is 0. The van der Waals surface area contributed by atoms with Crippen molar-refractivity contribution in [1.29, 1.82) is 0 Å². The maximum atomic E-state index is 8.62. The molecule has 0 radical (unpaired) electrons. The second-order valence-electron chi connectivity index (χ2n) is 3.32. The molecule has 2 heteroatoms. The first-order valence-electron chi connectivity index (χ1n) is 3.30. The van der Waals surface area contributed by atoms with Crippen LogP contribution >= 0.6 is 7.92 Å². The summed E-state index contributed by atoms with van der Waals surface area (Å²) in [5.74, 6) is 0. The monoisotopic (exact) mass is 148 g/mol. The Morgan fingerprint density at radius 2 is 1.78 bits per heavy atom. The Morgan fingerprint density at radius 3 is 1.89 bits per heavy atom. The van der Waals surface area contributed by atoms with Crippen LogP contribution < -0.4 is 0 Å². The van der Waals surface area contributed by atoms with E-state index < -0.39 is 0 Å². The summed E-state index contributed by atoms with van der Waals surface area (Å²) in [5, 5.41) is 9.03. The highest BCUT2D eigenvalue weighted by atomic mass is 31.1. The van der Waals surface area contributed by atoms with Crippen LogP contribution in [0.5, 0.6) is 0 Å². The molecule has 0 aliphatic carbocycles. The minimum Gasteiger partial charge on any atom is -0.396 e. The van der Waals surface area contributed by atoms with Gasteiger partial charge in [-0.15, -0.1) is 7.92 Å². The summed E-state index contributed by atoms with van der Waals surface area (Å²) in [6, 6.07) is 0. The highest BCUT2D eigenvalue weighted by Gasteiger charge is 2.17. The molecule has 1 unspecified atom stereocenters. The van der Waals surface area contributed by atoms with E-state index in [4.69, 9.17) is 5.11 Å². The molecule has 1 atom stereocenters. The Morgan fingerprint density at radius 1 is 1.33 bits per heavy atom. The third kappa shape index (κ3) is 3.89. The Labute approximate surface area is 59.2 Å². The summed E-state index contributed by atoms with van der Waals surface area (Å²) in [7, 11) is 0.0283. The molecule has 0 saturated heterocycles. The van der Waals surface area contributed by atoms with E-state index in [1.165, 1.54) is 0 Å². The Bertz CT molecular complexity index is 75.5. The van der Waals surface area contributed by atoms with Crippen LogP contribution in [0, 0.1) is 0 Å². The van der Waals surface area contributed by atoms with Crippen molar-refractivity contribution in [2.45, 2.75) is 25.9 Å². The fourth-order valence-corrected chi connectivity index (χ4v) is 1.46. The third-order valence-corrected chi connectivity index (χ3v) is 4.74. The average molecular weight is 148 g/mol. The van der Waals surface area contributed by atoms with Crippen LogP contribution in [0.4, 0.5) is 0 Å². The molecular weight excluding hydrogens is 131 g/mol. The molecule has 0 fully saturated rings. The lowest BCUT2D eigenvalue weighted by atomic mass is 10.3. The number of rotatable bonds is 2. The molecule has 1 nitrogen and oxygen atoms in total. The molecule has 0 aliphatic heterocycles. The van der Waals surface area contributed by atoms with E-state index in [2.05, 4.69) is 27.4 Å². The second kappa shape index (κ2) is 3.53. The quantitative estimate of drug-likeness (QED) is 0.593. The Hall–Kier alpha value is 0.390. The molecule has 0 aromatic rings. The van der Waals surface area contributed by atoms with E-state index in [9.17, 15) is 0 Å². The van der Waals surface area contributed by atoms with E-state index in [0.29, 0.717) is 11.8 Å². The topological polar surface area (TPSA) is 20.2 Å². The molecule has 0 rings (SSSR count). The molecule has 0 spiro atoms. The summed E-state index contributed by atoms with van der Waals surface area (Å²) in [6.07, 6.45) is 0.985. The molecule has 0 aromatic carbocycles. The number of aliphatic hydroxyl groups is 1. The molecule has 0 heterocycles. The van der Waals surface area contributed by atoms with Crippen LogP contribution in [-0.2, 0) is 0 Å². The van der Waals surface area contributed by atoms with Crippen molar-refractivity contribution in [2.24, 2.45) is 0 Å². The number of aliphatic hydroxyl groups excluding tert-OH is 1. The van der Waals surface area contributed by atoms with Crippen LogP contribution in [-0.4, -0.2) is 29.7 Å². The maximum absolute atomic E-state index is 8.62. The predicted molar refractivity (Wildman–Crippen MR) is 44.5 cm³/mol. The Balaban J connectivity index is 3.59. The largest absolute Gasteiger partial charge is 0.396 e. The first kappa shape index (κ1) is 9.39. The number of hydrogen-bond donors (Lipinski definition) is 1. The lowest BCUT2D eigenvalue weighted by Crippen LogP contribution is -2.13. The van der Waals surface area contributed by atoms with E-state index in [1.54, 1.807) is 0 Å². The number of hydrogen-bond acceptors (Lipinski definition) is 1. The van der Waals surface area contributed by atoms with Gasteiger partial charge in [0, 0.05) is 6.61 Å². The van der Waals surface area contributed by atoms with Crippen molar-refractivity contribution in [3.8, 4) is 0 Å². The van der Waals surface area contributed by atoms with Gasteiger partial charge in [0.05, 0.1) is 0 Å². The summed E-state index contributed by atoms with van der Waals surface area (Å²) in [4.78, 5) is 0. The lowest BCUT2D eigenvalue weighted by Gasteiger charge is -2.26. The van der Waals surface area contributed by atoms with Gasteiger partial charge in [-0.25, -0.2) is 0 Å². The van der Waals surface area contributed by atoms with Gasteiger partial charge < -0.3 is 5.11 Å². The highest BCUT2D eigenvalue weighted by molar-refractivity contribution is 7.58. The van der Waals surface area contributed by atoms with Gasteiger partial charge in [0.15, 0.2) is 0 Å². The van der Waals surface area contributed by atoms with Gasteiger partial charge in [-0.05, 0) is 18.0 Å². The highest BCUT2D eigenvalue weighted by Crippen LogP contribution is 2.44. The normalized spacial score (nSPS) is 15.7. The minimum absolute atomic E-state index is 0.0283. The van der Waals surface area contributed by atoms with Gasteiger partial charge >= 0.3 is 0 Å². The first-order chi connectivity index (χ1) is 3.98. The van der Waals surface area contributed by atoms with Gasteiger partial charge in [0.25, 0.3) is 0 Å².